The number of aryl methyl sites for hydroxylation is 1. The molecule has 132 valence electrons. The maximum absolute atomic E-state index is 11.7. The molecule has 25 heavy (non-hydrogen) atoms. The van der Waals surface area contributed by atoms with E-state index in [1.807, 2.05) is 18.2 Å². The molecule has 0 aliphatic carbocycles. The molecule has 3 N–H and O–H groups in total. The first-order valence-corrected chi connectivity index (χ1v) is 8.78. The molecule has 1 aliphatic rings. The van der Waals surface area contributed by atoms with Crippen LogP contribution in [0, 0.1) is 5.41 Å². The highest BCUT2D eigenvalue weighted by Crippen LogP contribution is 2.36. The fraction of sp³-hybridized carbons (Fsp3) is 0.400. The Labute approximate surface area is 148 Å². The second-order valence-corrected chi connectivity index (χ2v) is 6.91. The monoisotopic (exact) mass is 339 g/mol. The summed E-state index contributed by atoms with van der Waals surface area (Å²) in [5.74, 6) is 0.166. The Morgan fingerprint density at radius 2 is 2.04 bits per heavy atom. The fourth-order valence-corrected chi connectivity index (χ4v) is 3.70. The third-order valence-corrected chi connectivity index (χ3v) is 5.14. The average molecular weight is 339 g/mol. The van der Waals surface area contributed by atoms with Crippen molar-refractivity contribution in [2.45, 2.75) is 25.7 Å². The topological polar surface area (TPSA) is 79.5 Å². The Morgan fingerprint density at radius 1 is 1.24 bits per heavy atom. The van der Waals surface area contributed by atoms with E-state index in [2.05, 4.69) is 22.0 Å². The molecule has 0 radical (unpaired) electrons. The van der Waals surface area contributed by atoms with E-state index < -0.39 is 5.91 Å². The number of aliphatic hydroxyl groups is 1. The van der Waals surface area contributed by atoms with Crippen LogP contribution in [0.3, 0.4) is 0 Å². The molecular weight excluding hydrogens is 314 g/mol. The van der Waals surface area contributed by atoms with Crippen molar-refractivity contribution < 1.29 is 9.90 Å². The van der Waals surface area contributed by atoms with Crippen LogP contribution in [-0.2, 0) is 6.42 Å². The third-order valence-electron chi connectivity index (χ3n) is 5.14. The van der Waals surface area contributed by atoms with Crippen molar-refractivity contribution >= 4 is 11.7 Å². The summed E-state index contributed by atoms with van der Waals surface area (Å²) >= 11 is 0. The van der Waals surface area contributed by atoms with Gasteiger partial charge in [0.15, 0.2) is 0 Å². The molecule has 1 saturated heterocycles. The summed E-state index contributed by atoms with van der Waals surface area (Å²) < 4.78 is 0. The molecule has 1 aromatic heterocycles. The van der Waals surface area contributed by atoms with E-state index in [4.69, 9.17) is 5.73 Å². The lowest BCUT2D eigenvalue weighted by Gasteiger charge is -2.43. The van der Waals surface area contributed by atoms with Gasteiger partial charge in [0.05, 0.1) is 12.2 Å². The van der Waals surface area contributed by atoms with Crippen LogP contribution in [-0.4, -0.2) is 35.7 Å². The molecule has 5 heteroatoms. The summed E-state index contributed by atoms with van der Waals surface area (Å²) in [6.45, 7) is 1.65. The van der Waals surface area contributed by atoms with Gasteiger partial charge in [0, 0.05) is 24.7 Å². The van der Waals surface area contributed by atoms with E-state index in [9.17, 15) is 9.90 Å². The van der Waals surface area contributed by atoms with Gasteiger partial charge in [-0.3, -0.25) is 4.79 Å². The lowest BCUT2D eigenvalue weighted by Crippen LogP contribution is -2.46. The summed E-state index contributed by atoms with van der Waals surface area (Å²) in [7, 11) is 0. The van der Waals surface area contributed by atoms with Gasteiger partial charge >= 0.3 is 0 Å². The number of hydrogen-bond acceptors (Lipinski definition) is 4. The number of nitrogens with zero attached hydrogens (tertiary/aromatic N) is 2. The van der Waals surface area contributed by atoms with Crippen molar-refractivity contribution in [2.24, 2.45) is 11.1 Å². The minimum absolute atomic E-state index is 0.134. The summed E-state index contributed by atoms with van der Waals surface area (Å²) in [4.78, 5) is 18.2. The lowest BCUT2D eigenvalue weighted by atomic mass is 9.76. The molecule has 1 fully saturated rings. The Hall–Kier alpha value is -2.40. The average Bonchev–Trinajstić information content (AvgIpc) is 2.67. The number of rotatable bonds is 6. The van der Waals surface area contributed by atoms with Crippen LogP contribution in [0.15, 0.2) is 48.7 Å². The van der Waals surface area contributed by atoms with Gasteiger partial charge in [-0.25, -0.2) is 4.98 Å². The minimum Gasteiger partial charge on any atom is -0.396 e. The number of amides is 1. The summed E-state index contributed by atoms with van der Waals surface area (Å²) in [6, 6.07) is 13.8. The number of aromatic nitrogens is 1. The van der Waals surface area contributed by atoms with Crippen molar-refractivity contribution in [3.8, 4) is 0 Å². The highest BCUT2D eigenvalue weighted by Gasteiger charge is 2.36. The maximum atomic E-state index is 11.7. The first kappa shape index (κ1) is 17.4. The molecule has 5 nitrogen and oxygen atoms in total. The number of primary amides is 1. The second kappa shape index (κ2) is 7.66. The molecule has 1 aliphatic heterocycles. The Balaban J connectivity index is 1.77. The van der Waals surface area contributed by atoms with Crippen molar-refractivity contribution in [1.82, 2.24) is 4.98 Å². The van der Waals surface area contributed by atoms with Crippen molar-refractivity contribution in [2.75, 3.05) is 24.6 Å². The zero-order chi connectivity index (χ0) is 17.7. The predicted octanol–water partition coefficient (Wildman–Crippen LogP) is 2.39. The number of pyridine rings is 1. The third kappa shape index (κ3) is 3.99. The fourth-order valence-electron chi connectivity index (χ4n) is 3.70. The van der Waals surface area contributed by atoms with Crippen LogP contribution in [0.25, 0.3) is 0 Å². The van der Waals surface area contributed by atoms with Crippen molar-refractivity contribution in [3.05, 3.63) is 59.8 Å². The van der Waals surface area contributed by atoms with E-state index in [1.54, 1.807) is 18.3 Å². The molecule has 1 atom stereocenters. The zero-order valence-electron chi connectivity index (χ0n) is 14.4. The van der Waals surface area contributed by atoms with Crippen molar-refractivity contribution in [3.63, 3.8) is 0 Å². The largest absolute Gasteiger partial charge is 0.396 e. The van der Waals surface area contributed by atoms with E-state index in [0.717, 1.165) is 32.2 Å². The number of nitrogens with two attached hydrogens (primary N) is 1. The minimum atomic E-state index is -0.465. The number of hydrogen-bond donors (Lipinski definition) is 2. The molecule has 1 amide bonds. The van der Waals surface area contributed by atoms with Gasteiger partial charge in [0.25, 0.3) is 5.91 Å². The van der Waals surface area contributed by atoms with Crippen molar-refractivity contribution in [1.29, 1.82) is 0 Å². The van der Waals surface area contributed by atoms with Crippen LogP contribution in [0.5, 0.6) is 0 Å². The van der Waals surface area contributed by atoms with Gasteiger partial charge in [-0.05, 0) is 43.4 Å². The van der Waals surface area contributed by atoms with E-state index in [1.165, 1.54) is 5.56 Å². The predicted molar refractivity (Wildman–Crippen MR) is 98.5 cm³/mol. The van der Waals surface area contributed by atoms with E-state index in [0.29, 0.717) is 17.9 Å². The number of benzene rings is 1. The molecule has 0 spiro atoms. The smallest absolute Gasteiger partial charge is 0.252 e. The second-order valence-electron chi connectivity index (χ2n) is 6.91. The number of carbonyl (C=O) groups is 1. The first-order valence-electron chi connectivity index (χ1n) is 8.78. The molecule has 0 saturated carbocycles. The number of aliphatic hydroxyl groups excluding tert-OH is 1. The highest BCUT2D eigenvalue weighted by atomic mass is 16.3. The molecule has 2 aromatic rings. The lowest BCUT2D eigenvalue weighted by molar-refractivity contribution is 0.0956. The summed E-state index contributed by atoms with van der Waals surface area (Å²) in [5, 5.41) is 10.1. The normalized spacial score (nSPS) is 20.4. The SMILES string of the molecule is NC(=O)c1cccnc1N1CCC[C@](CO)(CCc2ccccc2)C1. The van der Waals surface area contributed by atoms with Crippen LogP contribution in [0.4, 0.5) is 5.82 Å². The molecule has 3 rings (SSSR count). The summed E-state index contributed by atoms with van der Waals surface area (Å²) in [5.41, 5.74) is 7.05. The Bertz CT molecular complexity index is 720. The standard InChI is InChI=1S/C20H25N3O2/c21-18(25)17-8-4-12-22-19(17)23-13-5-10-20(14-23,15-24)11-9-16-6-2-1-3-7-16/h1-4,6-8,12,24H,5,9-11,13-15H2,(H2,21,25)/t20-/m0/s1. The number of carbonyl (C=O) groups excluding carboxylic acids is 1. The van der Waals surface area contributed by atoms with Crippen LogP contribution in [0.2, 0.25) is 0 Å². The summed E-state index contributed by atoms with van der Waals surface area (Å²) in [6.07, 6.45) is 5.46. The molecule has 0 unspecified atom stereocenters. The quantitative estimate of drug-likeness (QED) is 0.847. The van der Waals surface area contributed by atoms with Gasteiger partial charge in [-0.1, -0.05) is 30.3 Å². The van der Waals surface area contributed by atoms with Crippen LogP contribution >= 0.6 is 0 Å². The number of anilines is 1. The first-order chi connectivity index (χ1) is 12.1. The van der Waals surface area contributed by atoms with Gasteiger partial charge < -0.3 is 15.7 Å². The molecule has 2 heterocycles. The van der Waals surface area contributed by atoms with Gasteiger partial charge in [0.1, 0.15) is 5.82 Å². The number of piperidine rings is 1. The Kier molecular flexibility index (Phi) is 5.34. The van der Waals surface area contributed by atoms with Gasteiger partial charge in [0.2, 0.25) is 0 Å². The van der Waals surface area contributed by atoms with E-state index in [-0.39, 0.29) is 12.0 Å². The van der Waals surface area contributed by atoms with Crippen LogP contribution < -0.4 is 10.6 Å². The van der Waals surface area contributed by atoms with Gasteiger partial charge in [-0.2, -0.15) is 0 Å². The molecule has 0 bridgehead atoms. The molecule has 1 aromatic carbocycles. The van der Waals surface area contributed by atoms with E-state index >= 15 is 0 Å². The highest BCUT2D eigenvalue weighted by molar-refractivity contribution is 5.97. The van der Waals surface area contributed by atoms with Gasteiger partial charge in [-0.15, -0.1) is 0 Å². The molecular formula is C20H25N3O2. The zero-order valence-corrected chi connectivity index (χ0v) is 14.4. The van der Waals surface area contributed by atoms with Crippen LogP contribution in [0.1, 0.15) is 35.2 Å². The Morgan fingerprint density at radius 3 is 2.76 bits per heavy atom. The maximum Gasteiger partial charge on any atom is 0.252 e.